The third-order valence-electron chi connectivity index (χ3n) is 4.12. The highest BCUT2D eigenvalue weighted by atomic mass is 16.5. The lowest BCUT2D eigenvalue weighted by atomic mass is 10.1. The van der Waals surface area contributed by atoms with Crippen molar-refractivity contribution in [1.82, 2.24) is 4.98 Å². The predicted octanol–water partition coefficient (Wildman–Crippen LogP) is 3.77. The minimum Gasteiger partial charge on any atom is -0.461 e. The van der Waals surface area contributed by atoms with Gasteiger partial charge in [0.2, 0.25) is 24.2 Å². The van der Waals surface area contributed by atoms with E-state index in [0.29, 0.717) is 12.2 Å². The molecule has 0 N–H and O–H groups in total. The molecule has 0 atom stereocenters. The fourth-order valence-corrected chi connectivity index (χ4v) is 2.64. The molecule has 2 aromatic rings. The zero-order valence-corrected chi connectivity index (χ0v) is 15.4. The van der Waals surface area contributed by atoms with Crippen LogP contribution in [-0.4, -0.2) is 23.3 Å². The smallest absolute Gasteiger partial charge is 0.363 e. The summed E-state index contributed by atoms with van der Waals surface area (Å²) < 4.78 is 6.94. The highest BCUT2D eigenvalue weighted by molar-refractivity contribution is 5.95. The van der Waals surface area contributed by atoms with Crippen LogP contribution < -0.4 is 4.57 Å². The summed E-state index contributed by atoms with van der Waals surface area (Å²) in [4.78, 5) is 28.4. The maximum Gasteiger partial charge on any atom is 0.363 e. The van der Waals surface area contributed by atoms with Gasteiger partial charge in [-0.1, -0.05) is 69.4 Å². The van der Waals surface area contributed by atoms with E-state index in [1.54, 1.807) is 29.1 Å². The van der Waals surface area contributed by atoms with E-state index in [1.165, 1.54) is 31.9 Å². The second-order valence-corrected chi connectivity index (χ2v) is 6.31. The van der Waals surface area contributed by atoms with Gasteiger partial charge in [-0.05, 0) is 6.42 Å². The van der Waals surface area contributed by atoms with Gasteiger partial charge in [0.25, 0.3) is 0 Å². The van der Waals surface area contributed by atoms with Crippen molar-refractivity contribution in [3.05, 3.63) is 60.2 Å². The predicted molar refractivity (Wildman–Crippen MR) is 98.9 cm³/mol. The van der Waals surface area contributed by atoms with Crippen LogP contribution in [0.25, 0.3) is 0 Å². The number of esters is 1. The second-order valence-electron chi connectivity index (χ2n) is 6.31. The molecule has 2 rings (SSSR count). The number of benzene rings is 1. The van der Waals surface area contributed by atoms with Crippen molar-refractivity contribution in [2.75, 3.05) is 6.61 Å². The lowest BCUT2D eigenvalue weighted by molar-refractivity contribution is -0.683. The Morgan fingerprint density at radius 3 is 2.54 bits per heavy atom. The van der Waals surface area contributed by atoms with Gasteiger partial charge in [-0.3, -0.25) is 4.79 Å². The van der Waals surface area contributed by atoms with Crippen molar-refractivity contribution >= 4 is 11.8 Å². The molecular formula is C21H27N2O3+. The van der Waals surface area contributed by atoms with E-state index < -0.39 is 5.97 Å². The largest absolute Gasteiger partial charge is 0.461 e. The van der Waals surface area contributed by atoms with Crippen LogP contribution in [0.4, 0.5) is 0 Å². The van der Waals surface area contributed by atoms with Gasteiger partial charge in [0.15, 0.2) is 6.20 Å². The van der Waals surface area contributed by atoms with Gasteiger partial charge in [-0.25, -0.2) is 9.78 Å². The molecule has 5 nitrogen and oxygen atoms in total. The van der Waals surface area contributed by atoms with Gasteiger partial charge < -0.3 is 4.74 Å². The zero-order valence-electron chi connectivity index (χ0n) is 15.4. The molecular weight excluding hydrogens is 328 g/mol. The van der Waals surface area contributed by atoms with E-state index in [2.05, 4.69) is 11.9 Å². The number of carbonyl (C=O) groups is 2. The summed E-state index contributed by atoms with van der Waals surface area (Å²) in [7, 11) is 0. The van der Waals surface area contributed by atoms with Gasteiger partial charge >= 0.3 is 5.97 Å². The van der Waals surface area contributed by atoms with E-state index >= 15 is 0 Å². The Morgan fingerprint density at radius 2 is 1.77 bits per heavy atom. The maximum absolute atomic E-state index is 12.3. The first kappa shape index (κ1) is 19.8. The van der Waals surface area contributed by atoms with E-state index in [4.69, 9.17) is 4.74 Å². The quantitative estimate of drug-likeness (QED) is 0.266. The van der Waals surface area contributed by atoms with Crippen molar-refractivity contribution in [2.24, 2.45) is 0 Å². The van der Waals surface area contributed by atoms with Crippen LogP contribution in [0.5, 0.6) is 0 Å². The van der Waals surface area contributed by atoms with Crippen LogP contribution in [0.2, 0.25) is 0 Å². The zero-order chi connectivity index (χ0) is 18.6. The fourth-order valence-electron chi connectivity index (χ4n) is 2.64. The molecule has 0 saturated carbocycles. The van der Waals surface area contributed by atoms with Gasteiger partial charge in [-0.15, -0.1) is 0 Å². The summed E-state index contributed by atoms with van der Waals surface area (Å²) in [5.74, 6) is -0.465. The first-order chi connectivity index (χ1) is 12.7. The van der Waals surface area contributed by atoms with Crippen LogP contribution >= 0.6 is 0 Å². The van der Waals surface area contributed by atoms with Gasteiger partial charge in [0.1, 0.15) is 0 Å². The third kappa shape index (κ3) is 6.75. The fraction of sp³-hybridized carbons (Fsp3) is 0.429. The van der Waals surface area contributed by atoms with Crippen LogP contribution in [-0.2, 0) is 11.3 Å². The Labute approximate surface area is 155 Å². The number of carbonyl (C=O) groups excluding carboxylic acids is 2. The third-order valence-corrected chi connectivity index (χ3v) is 4.12. The summed E-state index contributed by atoms with van der Waals surface area (Å²) in [5, 5.41) is 0. The summed E-state index contributed by atoms with van der Waals surface area (Å²) >= 11 is 0. The average Bonchev–Trinajstić information content (AvgIpc) is 2.68. The Morgan fingerprint density at radius 1 is 1.04 bits per heavy atom. The molecule has 1 aromatic heterocycles. The van der Waals surface area contributed by atoms with E-state index in [9.17, 15) is 9.59 Å². The molecule has 0 aliphatic rings. The molecule has 26 heavy (non-hydrogen) atoms. The second kappa shape index (κ2) is 11.1. The molecule has 0 spiro atoms. The lowest BCUT2D eigenvalue weighted by Crippen LogP contribution is -2.38. The molecule has 138 valence electrons. The maximum atomic E-state index is 12.3. The molecule has 0 unspecified atom stereocenters. The average molecular weight is 355 g/mol. The molecule has 1 aromatic carbocycles. The molecule has 0 aliphatic heterocycles. The van der Waals surface area contributed by atoms with Crippen LogP contribution in [0.15, 0.2) is 48.9 Å². The molecule has 0 amide bonds. The van der Waals surface area contributed by atoms with Crippen molar-refractivity contribution in [1.29, 1.82) is 0 Å². The number of ketones is 1. The van der Waals surface area contributed by atoms with Crippen molar-refractivity contribution in [3.63, 3.8) is 0 Å². The van der Waals surface area contributed by atoms with Crippen LogP contribution in [0, 0.1) is 0 Å². The Bertz CT molecular complexity index is 701. The van der Waals surface area contributed by atoms with Crippen molar-refractivity contribution in [2.45, 2.75) is 52.0 Å². The normalized spacial score (nSPS) is 10.5. The number of nitrogens with zero attached hydrogens (tertiary/aromatic N) is 2. The summed E-state index contributed by atoms with van der Waals surface area (Å²) in [6, 6.07) is 9.08. The molecule has 0 bridgehead atoms. The highest BCUT2D eigenvalue weighted by Gasteiger charge is 2.17. The molecule has 0 aliphatic carbocycles. The SMILES string of the molecule is CCCCCCCCOC(=O)c1c[n+](CC(=O)c2ccccc2)ccn1. The summed E-state index contributed by atoms with van der Waals surface area (Å²) in [6.45, 7) is 2.75. The van der Waals surface area contributed by atoms with Crippen molar-refractivity contribution in [3.8, 4) is 0 Å². The van der Waals surface area contributed by atoms with E-state index in [0.717, 1.165) is 12.8 Å². The number of ether oxygens (including phenoxy) is 1. The molecule has 0 saturated heterocycles. The van der Waals surface area contributed by atoms with Gasteiger partial charge in [0.05, 0.1) is 12.8 Å². The van der Waals surface area contributed by atoms with E-state index in [1.807, 2.05) is 18.2 Å². The summed E-state index contributed by atoms with van der Waals surface area (Å²) in [6.07, 6.45) is 11.6. The number of Topliss-reactive ketones (excluding diaryl/α,β-unsaturated/α-hetero) is 1. The molecule has 0 fully saturated rings. The minimum atomic E-state index is -0.444. The molecule has 1 heterocycles. The first-order valence-electron chi connectivity index (χ1n) is 9.31. The topological polar surface area (TPSA) is 60.1 Å². The molecule has 5 heteroatoms. The summed E-state index contributed by atoms with van der Waals surface area (Å²) in [5.41, 5.74) is 0.864. The van der Waals surface area contributed by atoms with E-state index in [-0.39, 0.29) is 18.0 Å². The first-order valence-corrected chi connectivity index (χ1v) is 9.31. The standard InChI is InChI=1S/C21H27N2O3/c1-2-3-4-5-6-10-15-26-21(25)19-16-23(14-13-22-19)17-20(24)18-11-8-7-9-12-18/h7-9,11-14,16H,2-6,10,15,17H2,1H3/q+1. The van der Waals surface area contributed by atoms with Crippen molar-refractivity contribution < 1.29 is 18.9 Å². The Hall–Kier alpha value is -2.56. The lowest BCUT2D eigenvalue weighted by Gasteiger charge is -2.04. The highest BCUT2D eigenvalue weighted by Crippen LogP contribution is 2.06. The Balaban J connectivity index is 1.80. The van der Waals surface area contributed by atoms with Crippen LogP contribution in [0.3, 0.4) is 0 Å². The van der Waals surface area contributed by atoms with Gasteiger partial charge in [-0.2, -0.15) is 4.57 Å². The number of unbranched alkanes of at least 4 members (excludes halogenated alkanes) is 5. The number of aromatic nitrogens is 2. The van der Waals surface area contributed by atoms with Crippen LogP contribution in [0.1, 0.15) is 66.3 Å². The Kier molecular flexibility index (Phi) is 8.46. The number of rotatable bonds is 11. The number of hydrogen-bond donors (Lipinski definition) is 0. The monoisotopic (exact) mass is 355 g/mol. The minimum absolute atomic E-state index is 0.0202. The number of hydrogen-bond acceptors (Lipinski definition) is 4. The molecule has 0 radical (unpaired) electrons. The van der Waals surface area contributed by atoms with Gasteiger partial charge in [0, 0.05) is 5.56 Å².